The highest BCUT2D eigenvalue weighted by Gasteiger charge is 2.47. The number of rotatable bonds is 62. The predicted molar refractivity (Wildman–Crippen MR) is 366 cm³/mol. The van der Waals surface area contributed by atoms with Crippen LogP contribution in [0.5, 0.6) is 0 Å². The Bertz CT molecular complexity index is 1740. The van der Waals surface area contributed by atoms with Gasteiger partial charge < -0.3 is 45.1 Å². The zero-order valence-corrected chi connectivity index (χ0v) is 56.1. The third-order valence-corrected chi connectivity index (χ3v) is 16.8. The maximum Gasteiger partial charge on any atom is 0.306 e. The first-order valence-corrected chi connectivity index (χ1v) is 36.4. The van der Waals surface area contributed by atoms with E-state index < -0.39 is 67.4 Å². The van der Waals surface area contributed by atoms with Crippen molar-refractivity contribution >= 4 is 11.9 Å². The Morgan fingerprint density at radius 1 is 0.460 bits per heavy atom. The maximum absolute atomic E-state index is 13.5. The van der Waals surface area contributed by atoms with Gasteiger partial charge in [-0.15, -0.1) is 0 Å². The molecule has 0 aromatic carbocycles. The largest absolute Gasteiger partial charge is 0.454 e. The van der Waals surface area contributed by atoms with E-state index in [1.807, 2.05) is 6.08 Å². The molecule has 8 unspecified atom stereocenters. The fraction of sp³-hybridized carbons (Fsp3) is 0.789. The van der Waals surface area contributed by atoms with E-state index in [4.69, 9.17) is 14.2 Å². The van der Waals surface area contributed by atoms with Gasteiger partial charge in [-0.1, -0.05) is 324 Å². The number of carbonyl (C=O) groups excluding carboxylic acids is 2. The molecule has 0 aromatic heterocycles. The fourth-order valence-corrected chi connectivity index (χ4v) is 11.1. The average molecular weight is 1220 g/mol. The first-order valence-electron chi connectivity index (χ1n) is 36.4. The van der Waals surface area contributed by atoms with E-state index in [1.54, 1.807) is 6.08 Å². The summed E-state index contributed by atoms with van der Waals surface area (Å²) >= 11 is 0. The molecule has 6 N–H and O–H groups in total. The van der Waals surface area contributed by atoms with Crippen LogP contribution in [0.2, 0.25) is 0 Å². The summed E-state index contributed by atoms with van der Waals surface area (Å²) < 4.78 is 17.7. The normalized spacial score (nSPS) is 18.7. The summed E-state index contributed by atoms with van der Waals surface area (Å²) in [5.41, 5.74) is 0. The van der Waals surface area contributed by atoms with Gasteiger partial charge in [0.1, 0.15) is 24.4 Å². The van der Waals surface area contributed by atoms with Crippen LogP contribution >= 0.6 is 0 Å². The van der Waals surface area contributed by atoms with Crippen LogP contribution < -0.4 is 5.32 Å². The van der Waals surface area contributed by atoms with Crippen LogP contribution in [0.4, 0.5) is 0 Å². The molecule has 1 fully saturated rings. The molecule has 87 heavy (non-hydrogen) atoms. The Labute approximate surface area is 533 Å². The average Bonchev–Trinajstić information content (AvgIpc) is 1.30. The molecule has 0 saturated carbocycles. The summed E-state index contributed by atoms with van der Waals surface area (Å²) in [5, 5.41) is 57.2. The van der Waals surface area contributed by atoms with Gasteiger partial charge in [-0.05, 0) is 77.0 Å². The fourth-order valence-electron chi connectivity index (χ4n) is 11.1. The minimum Gasteiger partial charge on any atom is -0.454 e. The van der Waals surface area contributed by atoms with Crippen molar-refractivity contribution in [1.82, 2.24) is 5.32 Å². The van der Waals surface area contributed by atoms with Crippen LogP contribution in [0.15, 0.2) is 85.1 Å². The molecule has 504 valence electrons. The summed E-state index contributed by atoms with van der Waals surface area (Å²) in [7, 11) is 0. The van der Waals surface area contributed by atoms with Crippen molar-refractivity contribution in [2.45, 2.75) is 372 Å². The summed E-state index contributed by atoms with van der Waals surface area (Å²) in [6.45, 7) is 5.69. The number of carbonyl (C=O) groups is 2. The third kappa shape index (κ3) is 50.2. The third-order valence-electron chi connectivity index (χ3n) is 16.8. The minimum atomic E-state index is -1.62. The number of hydrogen-bond donors (Lipinski definition) is 6. The maximum atomic E-state index is 13.5. The van der Waals surface area contributed by atoms with Gasteiger partial charge in [0.15, 0.2) is 12.4 Å². The van der Waals surface area contributed by atoms with Crippen molar-refractivity contribution in [3.8, 4) is 0 Å². The summed E-state index contributed by atoms with van der Waals surface area (Å²) in [5.74, 6) is -1.21. The second-order valence-corrected chi connectivity index (χ2v) is 24.9. The predicted octanol–water partition coefficient (Wildman–Crippen LogP) is 18.8. The van der Waals surface area contributed by atoms with Gasteiger partial charge in [0.05, 0.1) is 25.4 Å². The number of amides is 1. The number of hydrogen-bond acceptors (Lipinski definition) is 10. The number of unbranched alkanes of at least 4 members (excludes halogenated alkanes) is 36. The van der Waals surface area contributed by atoms with Crippen LogP contribution in [0.3, 0.4) is 0 Å². The SMILES string of the molecule is CC/C=C\C/C=C\C/C=C\C/C=C\C/C=C\C/C=C\CCCCCC(O)C(=O)NC(COC1OC(CO)C(O)C(O)C1OC(=O)CCCCCCCCCCCCCCCCCCCCCCCCCCC)C(O)/C=C/CCCCCCCCCCC. The van der Waals surface area contributed by atoms with Gasteiger partial charge in [-0.25, -0.2) is 0 Å². The Morgan fingerprint density at radius 2 is 0.828 bits per heavy atom. The standard InChI is InChI=1S/C76H135NO10/c1-4-7-10-13-16-19-22-24-26-28-30-32-34-35-36-38-40-42-44-46-49-52-55-58-61-64-71(81)87-74-73(83)72(82)70(65-78)86-76(74)85-66-67(68(79)62-59-56-53-50-47-21-18-15-12-9-6-3)77-75(84)69(80)63-60-57-54-51-48-45-43-41-39-37-33-31-29-27-25-23-20-17-14-11-8-5-2/h8,11,17,20,25,27,31,33,39,41,45,48,59,62,67-70,72-74,76,78-80,82-83H,4-7,9-10,12-16,18-19,21-24,26,28-30,32,34-38,40,42-44,46-47,49-58,60-61,63-66H2,1-3H3,(H,77,84)/b11-8-,20-17-,27-25-,33-31-,41-39-,48-45-,62-59+. The first-order chi connectivity index (χ1) is 42.7. The number of nitrogens with one attached hydrogen (secondary N) is 1. The molecule has 1 amide bonds. The molecule has 1 aliphatic rings. The zero-order valence-electron chi connectivity index (χ0n) is 56.1. The Hall–Kier alpha value is -3.16. The minimum absolute atomic E-state index is 0.121. The molecule has 11 nitrogen and oxygen atoms in total. The zero-order chi connectivity index (χ0) is 63.1. The lowest BCUT2D eigenvalue weighted by Gasteiger charge is -2.41. The second-order valence-electron chi connectivity index (χ2n) is 24.9. The van der Waals surface area contributed by atoms with Gasteiger partial charge in [0, 0.05) is 6.42 Å². The van der Waals surface area contributed by atoms with Crippen molar-refractivity contribution < 1.29 is 49.3 Å². The molecule has 1 saturated heterocycles. The lowest BCUT2D eigenvalue weighted by Crippen LogP contribution is -2.61. The number of aliphatic hydroxyl groups excluding tert-OH is 5. The number of allylic oxidation sites excluding steroid dienone is 13. The van der Waals surface area contributed by atoms with E-state index >= 15 is 0 Å². The molecule has 11 heteroatoms. The van der Waals surface area contributed by atoms with Crippen LogP contribution in [0.25, 0.3) is 0 Å². The lowest BCUT2D eigenvalue weighted by atomic mass is 9.99. The second kappa shape index (κ2) is 63.0. The molecule has 8 atom stereocenters. The van der Waals surface area contributed by atoms with Crippen molar-refractivity contribution in [2.75, 3.05) is 13.2 Å². The van der Waals surface area contributed by atoms with Crippen LogP contribution in [0.1, 0.15) is 323 Å². The van der Waals surface area contributed by atoms with Gasteiger partial charge in [0.2, 0.25) is 5.91 Å². The Kier molecular flexibility index (Phi) is 59.3. The van der Waals surface area contributed by atoms with Gasteiger partial charge >= 0.3 is 5.97 Å². The molecule has 1 aliphatic heterocycles. The lowest BCUT2D eigenvalue weighted by molar-refractivity contribution is -0.305. The number of aliphatic hydroxyl groups is 5. The summed E-state index contributed by atoms with van der Waals surface area (Å²) in [6, 6.07) is -1.04. The topological polar surface area (TPSA) is 175 Å². The van der Waals surface area contributed by atoms with Crippen molar-refractivity contribution in [1.29, 1.82) is 0 Å². The molecule has 0 aromatic rings. The van der Waals surface area contributed by atoms with Gasteiger partial charge in [-0.2, -0.15) is 0 Å². The van der Waals surface area contributed by atoms with E-state index in [1.165, 1.54) is 173 Å². The van der Waals surface area contributed by atoms with Crippen molar-refractivity contribution in [3.63, 3.8) is 0 Å². The molecule has 1 rings (SSSR count). The smallest absolute Gasteiger partial charge is 0.306 e. The molecule has 0 radical (unpaired) electrons. The highest BCUT2D eigenvalue weighted by molar-refractivity contribution is 5.80. The van der Waals surface area contributed by atoms with E-state index in [-0.39, 0.29) is 19.4 Å². The number of esters is 1. The van der Waals surface area contributed by atoms with E-state index in [9.17, 15) is 35.1 Å². The highest BCUT2D eigenvalue weighted by atomic mass is 16.7. The van der Waals surface area contributed by atoms with Crippen molar-refractivity contribution in [2.24, 2.45) is 0 Å². The van der Waals surface area contributed by atoms with Crippen LogP contribution in [-0.4, -0.2) is 99.6 Å². The summed E-state index contributed by atoms with van der Waals surface area (Å²) in [6.07, 6.45) is 73.5. The van der Waals surface area contributed by atoms with E-state index in [0.717, 1.165) is 103 Å². The van der Waals surface area contributed by atoms with Gasteiger partial charge in [0.25, 0.3) is 0 Å². The molecule has 0 aliphatic carbocycles. The number of ether oxygens (including phenoxy) is 3. The molecule has 0 spiro atoms. The van der Waals surface area contributed by atoms with Crippen molar-refractivity contribution in [3.05, 3.63) is 85.1 Å². The van der Waals surface area contributed by atoms with Crippen LogP contribution in [0, 0.1) is 0 Å². The Morgan fingerprint density at radius 3 is 1.24 bits per heavy atom. The molecular weight excluding hydrogens is 1090 g/mol. The quantitative estimate of drug-likeness (QED) is 0.0195. The van der Waals surface area contributed by atoms with E-state index in [2.05, 4.69) is 99.0 Å². The van der Waals surface area contributed by atoms with Gasteiger partial charge in [-0.3, -0.25) is 9.59 Å². The highest BCUT2D eigenvalue weighted by Crippen LogP contribution is 2.26. The monoisotopic (exact) mass is 1220 g/mol. The Balaban J connectivity index is 2.56. The molecule has 0 bridgehead atoms. The summed E-state index contributed by atoms with van der Waals surface area (Å²) in [4.78, 5) is 26.7. The first kappa shape index (κ1) is 81.9. The molecule has 1 heterocycles. The molecular formula is C76H135NO10. The van der Waals surface area contributed by atoms with E-state index in [0.29, 0.717) is 12.8 Å². The van der Waals surface area contributed by atoms with Crippen LogP contribution in [-0.2, 0) is 23.8 Å².